The molecule has 0 atom stereocenters. The summed E-state index contributed by atoms with van der Waals surface area (Å²) in [6, 6.07) is 6.56. The van der Waals surface area contributed by atoms with Crippen molar-refractivity contribution in [1.82, 2.24) is 9.36 Å². The Kier molecular flexibility index (Phi) is 5.79. The van der Waals surface area contributed by atoms with Crippen LogP contribution in [-0.2, 0) is 6.42 Å². The number of halogens is 5. The molecule has 1 amide bonds. The number of benzene rings is 1. The van der Waals surface area contributed by atoms with E-state index in [1.54, 1.807) is 0 Å². The highest BCUT2D eigenvalue weighted by atomic mass is 32.1. The largest absolute Gasteiger partial charge is 0.573 e. The van der Waals surface area contributed by atoms with E-state index >= 15 is 0 Å². The number of anilines is 1. The first-order chi connectivity index (χ1) is 13.9. The third kappa shape index (κ3) is 5.75. The Morgan fingerprint density at radius 3 is 2.63 bits per heavy atom. The summed E-state index contributed by atoms with van der Waals surface area (Å²) in [5, 5.41) is 2.40. The number of hydrogen-bond donors (Lipinski definition) is 1. The lowest BCUT2D eigenvalue weighted by atomic mass is 10.1. The third-order valence-electron chi connectivity index (χ3n) is 3.68. The first kappa shape index (κ1) is 21.7. The normalized spacial score (nSPS) is 12.1. The van der Waals surface area contributed by atoms with Gasteiger partial charge in [-0.05, 0) is 37.6 Å². The Bertz CT molecular complexity index is 1060. The minimum atomic E-state index is -4.84. The van der Waals surface area contributed by atoms with Crippen molar-refractivity contribution in [3.8, 4) is 16.9 Å². The van der Waals surface area contributed by atoms with Gasteiger partial charge in [-0.25, -0.2) is 13.8 Å². The Hall–Kier alpha value is -3.02. The van der Waals surface area contributed by atoms with Crippen molar-refractivity contribution in [2.24, 2.45) is 0 Å². The second kappa shape index (κ2) is 8.01. The quantitative estimate of drug-likeness (QED) is 0.508. The summed E-state index contributed by atoms with van der Waals surface area (Å²) >= 11 is 0.737. The lowest BCUT2D eigenvalue weighted by Gasteiger charge is -2.09. The smallest absolute Gasteiger partial charge is 0.456 e. The second-order valence-corrected chi connectivity index (χ2v) is 7.12. The predicted octanol–water partition coefficient (Wildman–Crippen LogP) is 5.46. The van der Waals surface area contributed by atoms with Gasteiger partial charge < -0.3 is 9.15 Å². The van der Waals surface area contributed by atoms with E-state index in [2.05, 4.69) is 19.4 Å². The van der Waals surface area contributed by atoms with E-state index in [-0.39, 0.29) is 22.5 Å². The molecule has 2 heterocycles. The van der Waals surface area contributed by atoms with Gasteiger partial charge in [0.15, 0.2) is 11.6 Å². The van der Waals surface area contributed by atoms with Crippen molar-refractivity contribution in [3.05, 3.63) is 47.7 Å². The van der Waals surface area contributed by atoms with Gasteiger partial charge in [0.05, 0.1) is 6.42 Å². The SMILES string of the molecule is Cc1oc(C(=O)Nc2nc(CC(C)(F)F)ns2)cc1-c1cccc(OC(F)(F)F)c1. The standard InChI is InChI=1S/C18H14F5N3O3S/c1-9-12(10-4-3-5-11(6-10)29-18(21,22)23)7-13(28-9)15(27)25-16-24-14(26-30-16)8-17(2,19)20/h3-7H,8H2,1-2H3,(H,24,25,26,27). The molecule has 160 valence electrons. The fourth-order valence-electron chi connectivity index (χ4n) is 2.55. The molecule has 30 heavy (non-hydrogen) atoms. The average Bonchev–Trinajstić information content (AvgIpc) is 3.18. The van der Waals surface area contributed by atoms with Gasteiger partial charge in [0.2, 0.25) is 5.13 Å². The van der Waals surface area contributed by atoms with Crippen molar-refractivity contribution in [1.29, 1.82) is 0 Å². The minimum Gasteiger partial charge on any atom is -0.456 e. The molecule has 2 aromatic heterocycles. The Labute approximate surface area is 170 Å². The van der Waals surface area contributed by atoms with Crippen LogP contribution in [0.25, 0.3) is 11.1 Å². The fraction of sp³-hybridized carbons (Fsp3) is 0.278. The second-order valence-electron chi connectivity index (χ2n) is 6.37. The third-order valence-corrected chi connectivity index (χ3v) is 4.35. The van der Waals surface area contributed by atoms with Gasteiger partial charge in [-0.1, -0.05) is 12.1 Å². The molecule has 0 aliphatic rings. The van der Waals surface area contributed by atoms with Crippen LogP contribution in [0.5, 0.6) is 5.75 Å². The average molecular weight is 447 g/mol. The predicted molar refractivity (Wildman–Crippen MR) is 97.8 cm³/mol. The van der Waals surface area contributed by atoms with Crippen LogP contribution in [-0.4, -0.2) is 27.5 Å². The number of hydrogen-bond acceptors (Lipinski definition) is 6. The first-order valence-corrected chi connectivity index (χ1v) is 9.15. The first-order valence-electron chi connectivity index (χ1n) is 8.38. The number of amides is 1. The van der Waals surface area contributed by atoms with Gasteiger partial charge in [-0.2, -0.15) is 4.37 Å². The molecule has 12 heteroatoms. The summed E-state index contributed by atoms with van der Waals surface area (Å²) in [6.45, 7) is 2.27. The molecule has 6 nitrogen and oxygen atoms in total. The maximum absolute atomic E-state index is 13.0. The van der Waals surface area contributed by atoms with Crippen LogP contribution < -0.4 is 10.1 Å². The molecule has 0 radical (unpaired) electrons. The molecule has 0 saturated heterocycles. The van der Waals surface area contributed by atoms with Crippen LogP contribution in [0, 0.1) is 6.92 Å². The number of carbonyl (C=O) groups excluding carboxylic acids is 1. The van der Waals surface area contributed by atoms with E-state index < -0.39 is 30.4 Å². The molecular weight excluding hydrogens is 433 g/mol. The summed E-state index contributed by atoms with van der Waals surface area (Å²) < 4.78 is 76.4. The van der Waals surface area contributed by atoms with E-state index in [1.807, 2.05) is 0 Å². The zero-order chi connectivity index (χ0) is 22.1. The molecule has 0 fully saturated rings. The lowest BCUT2D eigenvalue weighted by molar-refractivity contribution is -0.274. The van der Waals surface area contributed by atoms with Gasteiger partial charge in [0.25, 0.3) is 11.8 Å². The highest BCUT2D eigenvalue weighted by Gasteiger charge is 2.31. The van der Waals surface area contributed by atoms with Crippen molar-refractivity contribution >= 4 is 22.6 Å². The highest BCUT2D eigenvalue weighted by Crippen LogP contribution is 2.32. The number of aromatic nitrogens is 2. The van der Waals surface area contributed by atoms with Gasteiger partial charge in [-0.3, -0.25) is 10.1 Å². The van der Waals surface area contributed by atoms with E-state index in [0.717, 1.165) is 30.6 Å². The number of carbonyl (C=O) groups is 1. The van der Waals surface area contributed by atoms with E-state index in [9.17, 15) is 26.7 Å². The number of nitrogens with one attached hydrogen (secondary N) is 1. The van der Waals surface area contributed by atoms with Gasteiger partial charge in [0.1, 0.15) is 11.5 Å². The number of nitrogens with zero attached hydrogens (tertiary/aromatic N) is 2. The molecule has 0 unspecified atom stereocenters. The van der Waals surface area contributed by atoms with Gasteiger partial charge >= 0.3 is 6.36 Å². The van der Waals surface area contributed by atoms with Crippen molar-refractivity contribution < 1.29 is 35.9 Å². The van der Waals surface area contributed by atoms with Crippen LogP contribution in [0.1, 0.15) is 29.1 Å². The summed E-state index contributed by atoms with van der Waals surface area (Å²) in [4.78, 5) is 16.2. The van der Waals surface area contributed by atoms with Crippen LogP contribution >= 0.6 is 11.5 Å². The summed E-state index contributed by atoms with van der Waals surface area (Å²) in [7, 11) is 0. The van der Waals surface area contributed by atoms with Crippen LogP contribution in [0.4, 0.5) is 27.1 Å². The van der Waals surface area contributed by atoms with Gasteiger partial charge in [-0.15, -0.1) is 13.2 Å². The molecule has 0 spiro atoms. The highest BCUT2D eigenvalue weighted by molar-refractivity contribution is 7.09. The monoisotopic (exact) mass is 447 g/mol. The molecular formula is C18H14F5N3O3S. The lowest BCUT2D eigenvalue weighted by Crippen LogP contribution is -2.17. The maximum Gasteiger partial charge on any atom is 0.573 e. The molecule has 3 aromatic rings. The molecule has 0 aliphatic carbocycles. The van der Waals surface area contributed by atoms with Crippen molar-refractivity contribution in [3.63, 3.8) is 0 Å². The van der Waals surface area contributed by atoms with Crippen molar-refractivity contribution in [2.45, 2.75) is 32.6 Å². The summed E-state index contributed by atoms with van der Waals surface area (Å²) in [5.74, 6) is -4.07. The molecule has 1 N–H and O–H groups in total. The van der Waals surface area contributed by atoms with E-state index in [4.69, 9.17) is 4.42 Å². The molecule has 1 aromatic carbocycles. The zero-order valence-corrected chi connectivity index (χ0v) is 16.3. The number of alkyl halides is 5. The van der Waals surface area contributed by atoms with Crippen molar-refractivity contribution in [2.75, 3.05) is 5.32 Å². The number of aryl methyl sites for hydroxylation is 1. The topological polar surface area (TPSA) is 77.3 Å². The number of rotatable bonds is 6. The number of ether oxygens (including phenoxy) is 1. The summed E-state index contributed by atoms with van der Waals surface area (Å²) in [6.07, 6.45) is -5.50. The summed E-state index contributed by atoms with van der Waals surface area (Å²) in [5.41, 5.74) is 0.733. The molecule has 3 rings (SSSR count). The van der Waals surface area contributed by atoms with E-state index in [1.165, 1.54) is 25.1 Å². The van der Waals surface area contributed by atoms with Gasteiger partial charge in [0, 0.05) is 17.1 Å². The Balaban J connectivity index is 1.76. The number of furan rings is 1. The maximum atomic E-state index is 13.0. The van der Waals surface area contributed by atoms with E-state index in [0.29, 0.717) is 11.1 Å². The van der Waals surface area contributed by atoms with Crippen LogP contribution in [0.15, 0.2) is 34.7 Å². The van der Waals surface area contributed by atoms with Crippen LogP contribution in [0.2, 0.25) is 0 Å². The minimum absolute atomic E-state index is 0.00966. The Morgan fingerprint density at radius 1 is 1.23 bits per heavy atom. The fourth-order valence-corrected chi connectivity index (χ4v) is 3.14. The molecule has 0 aliphatic heterocycles. The van der Waals surface area contributed by atoms with Crippen LogP contribution in [0.3, 0.4) is 0 Å². The molecule has 0 bridgehead atoms. The molecule has 0 saturated carbocycles. The Morgan fingerprint density at radius 2 is 1.97 bits per heavy atom. The zero-order valence-electron chi connectivity index (χ0n) is 15.5.